The SMILES string of the molecule is CC(C)c1nc(-c2ccc(N3CCN(C(=O)N(C)C)CC3)nc2)no1. The predicted molar refractivity (Wildman–Crippen MR) is 94.5 cm³/mol. The first kappa shape index (κ1) is 17.2. The van der Waals surface area contributed by atoms with Crippen LogP contribution in [0.3, 0.4) is 0 Å². The number of amides is 2. The first-order valence-corrected chi connectivity index (χ1v) is 8.47. The van der Waals surface area contributed by atoms with Crippen molar-refractivity contribution in [2.24, 2.45) is 0 Å². The molecule has 0 aromatic carbocycles. The van der Waals surface area contributed by atoms with E-state index in [-0.39, 0.29) is 11.9 Å². The Kier molecular flexibility index (Phi) is 4.87. The molecule has 3 heterocycles. The molecule has 0 N–H and O–H groups in total. The maximum Gasteiger partial charge on any atom is 0.319 e. The molecule has 1 fully saturated rings. The van der Waals surface area contributed by atoms with Gasteiger partial charge in [0.25, 0.3) is 0 Å². The van der Waals surface area contributed by atoms with Gasteiger partial charge in [0.15, 0.2) is 0 Å². The highest BCUT2D eigenvalue weighted by Crippen LogP contribution is 2.21. The smallest absolute Gasteiger partial charge is 0.319 e. The Hall–Kier alpha value is -2.64. The van der Waals surface area contributed by atoms with Gasteiger partial charge in [-0.3, -0.25) is 0 Å². The van der Waals surface area contributed by atoms with E-state index in [0.717, 1.165) is 24.5 Å². The molecule has 0 aliphatic carbocycles. The van der Waals surface area contributed by atoms with Gasteiger partial charge < -0.3 is 19.2 Å². The molecule has 2 amide bonds. The molecular weight excluding hydrogens is 320 g/mol. The van der Waals surface area contributed by atoms with Crippen LogP contribution in [0.15, 0.2) is 22.9 Å². The van der Waals surface area contributed by atoms with E-state index >= 15 is 0 Å². The van der Waals surface area contributed by atoms with Crippen molar-refractivity contribution in [1.82, 2.24) is 24.9 Å². The van der Waals surface area contributed by atoms with E-state index in [2.05, 4.69) is 20.0 Å². The van der Waals surface area contributed by atoms with Crippen molar-refractivity contribution in [3.63, 3.8) is 0 Å². The molecule has 134 valence electrons. The Morgan fingerprint density at radius 1 is 1.20 bits per heavy atom. The monoisotopic (exact) mass is 344 g/mol. The second-order valence-corrected chi connectivity index (χ2v) is 6.67. The third kappa shape index (κ3) is 3.72. The largest absolute Gasteiger partial charge is 0.353 e. The van der Waals surface area contributed by atoms with Crippen LogP contribution in [0.2, 0.25) is 0 Å². The van der Waals surface area contributed by atoms with Gasteiger partial charge in [-0.15, -0.1) is 0 Å². The van der Waals surface area contributed by atoms with Crippen molar-refractivity contribution in [3.05, 3.63) is 24.2 Å². The highest BCUT2D eigenvalue weighted by Gasteiger charge is 2.23. The van der Waals surface area contributed by atoms with Gasteiger partial charge in [0.1, 0.15) is 5.82 Å². The van der Waals surface area contributed by atoms with Gasteiger partial charge in [-0.1, -0.05) is 19.0 Å². The molecule has 25 heavy (non-hydrogen) atoms. The summed E-state index contributed by atoms with van der Waals surface area (Å²) in [6, 6.07) is 3.97. The van der Waals surface area contributed by atoms with E-state index in [9.17, 15) is 4.79 Å². The first-order chi connectivity index (χ1) is 12.0. The van der Waals surface area contributed by atoms with Gasteiger partial charge in [-0.2, -0.15) is 4.98 Å². The molecule has 0 spiro atoms. The van der Waals surface area contributed by atoms with E-state index in [1.54, 1.807) is 25.2 Å². The van der Waals surface area contributed by atoms with Crippen LogP contribution in [0.1, 0.15) is 25.7 Å². The van der Waals surface area contributed by atoms with Crippen molar-refractivity contribution in [1.29, 1.82) is 0 Å². The standard InChI is InChI=1S/C17H24N6O2/c1-12(2)16-19-15(20-25-16)13-5-6-14(18-11-13)22-7-9-23(10-8-22)17(24)21(3)4/h5-6,11-12H,7-10H2,1-4H3. The molecule has 0 atom stereocenters. The van der Waals surface area contributed by atoms with E-state index in [0.29, 0.717) is 24.8 Å². The molecule has 0 unspecified atom stereocenters. The van der Waals surface area contributed by atoms with Crippen molar-refractivity contribution in [2.45, 2.75) is 19.8 Å². The summed E-state index contributed by atoms with van der Waals surface area (Å²) in [7, 11) is 3.55. The van der Waals surface area contributed by atoms with Gasteiger partial charge in [-0.05, 0) is 12.1 Å². The minimum absolute atomic E-state index is 0.0565. The van der Waals surface area contributed by atoms with Crippen LogP contribution in [0, 0.1) is 0 Å². The summed E-state index contributed by atoms with van der Waals surface area (Å²) in [5, 5.41) is 4.01. The van der Waals surface area contributed by atoms with Crippen LogP contribution in [0.4, 0.5) is 10.6 Å². The molecule has 0 radical (unpaired) electrons. The van der Waals surface area contributed by atoms with Crippen LogP contribution >= 0.6 is 0 Å². The van der Waals surface area contributed by atoms with Crippen LogP contribution in [0.25, 0.3) is 11.4 Å². The predicted octanol–water partition coefficient (Wildman–Crippen LogP) is 2.06. The summed E-state index contributed by atoms with van der Waals surface area (Å²) >= 11 is 0. The number of aromatic nitrogens is 3. The van der Waals surface area contributed by atoms with Crippen LogP contribution < -0.4 is 4.90 Å². The molecule has 8 nitrogen and oxygen atoms in total. The van der Waals surface area contributed by atoms with Gasteiger partial charge in [0.2, 0.25) is 11.7 Å². The maximum atomic E-state index is 12.0. The molecule has 1 saturated heterocycles. The second kappa shape index (κ2) is 7.08. The molecule has 3 rings (SSSR count). The van der Waals surface area contributed by atoms with Gasteiger partial charge in [0.05, 0.1) is 0 Å². The van der Waals surface area contributed by atoms with Gasteiger partial charge in [0, 0.05) is 58.0 Å². The lowest BCUT2D eigenvalue weighted by Gasteiger charge is -2.36. The number of piperazine rings is 1. The van der Waals surface area contributed by atoms with Gasteiger partial charge in [-0.25, -0.2) is 9.78 Å². The van der Waals surface area contributed by atoms with Crippen molar-refractivity contribution >= 4 is 11.8 Å². The summed E-state index contributed by atoms with van der Waals surface area (Å²) in [4.78, 5) is 26.6. The third-order valence-corrected chi connectivity index (χ3v) is 4.20. The molecule has 2 aromatic rings. The fourth-order valence-electron chi connectivity index (χ4n) is 2.70. The molecule has 2 aromatic heterocycles. The van der Waals surface area contributed by atoms with E-state index in [1.165, 1.54) is 0 Å². The third-order valence-electron chi connectivity index (χ3n) is 4.20. The molecular formula is C17H24N6O2. The van der Waals surface area contributed by atoms with Crippen LogP contribution in [-0.4, -0.2) is 71.2 Å². The minimum Gasteiger partial charge on any atom is -0.353 e. The zero-order valence-electron chi connectivity index (χ0n) is 15.1. The Morgan fingerprint density at radius 3 is 2.44 bits per heavy atom. The average molecular weight is 344 g/mol. The second-order valence-electron chi connectivity index (χ2n) is 6.67. The lowest BCUT2D eigenvalue weighted by Crippen LogP contribution is -2.51. The quantitative estimate of drug-likeness (QED) is 0.848. The molecule has 0 saturated carbocycles. The zero-order valence-corrected chi connectivity index (χ0v) is 15.1. The fourth-order valence-corrected chi connectivity index (χ4v) is 2.70. The normalized spacial score (nSPS) is 14.9. The topological polar surface area (TPSA) is 78.6 Å². The number of pyridine rings is 1. The summed E-state index contributed by atoms with van der Waals surface area (Å²) < 4.78 is 5.24. The highest BCUT2D eigenvalue weighted by molar-refractivity contribution is 5.74. The van der Waals surface area contributed by atoms with E-state index in [4.69, 9.17) is 4.52 Å². The fraction of sp³-hybridized carbons (Fsp3) is 0.529. The molecule has 1 aliphatic rings. The average Bonchev–Trinajstić information content (AvgIpc) is 3.12. The number of carbonyl (C=O) groups excluding carboxylic acids is 1. The number of hydrogen-bond acceptors (Lipinski definition) is 6. The zero-order chi connectivity index (χ0) is 18.0. The summed E-state index contributed by atoms with van der Waals surface area (Å²) in [6.07, 6.45) is 1.77. The van der Waals surface area contributed by atoms with E-state index in [1.807, 2.05) is 30.9 Å². The lowest BCUT2D eigenvalue weighted by atomic mass is 10.2. The molecule has 0 bridgehead atoms. The Bertz CT molecular complexity index is 717. The van der Waals surface area contributed by atoms with Crippen LogP contribution in [-0.2, 0) is 0 Å². The summed E-state index contributed by atoms with van der Waals surface area (Å²) in [5.41, 5.74) is 0.834. The highest BCUT2D eigenvalue weighted by atomic mass is 16.5. The number of urea groups is 1. The van der Waals surface area contributed by atoms with Crippen molar-refractivity contribution in [2.75, 3.05) is 45.2 Å². The maximum absolute atomic E-state index is 12.0. The van der Waals surface area contributed by atoms with Crippen molar-refractivity contribution in [3.8, 4) is 11.4 Å². The van der Waals surface area contributed by atoms with Crippen LogP contribution in [0.5, 0.6) is 0 Å². The number of anilines is 1. The minimum atomic E-state index is 0.0565. The summed E-state index contributed by atoms with van der Waals surface area (Å²) in [5.74, 6) is 2.29. The number of hydrogen-bond donors (Lipinski definition) is 0. The lowest BCUT2D eigenvalue weighted by molar-refractivity contribution is 0.168. The molecule has 1 aliphatic heterocycles. The Morgan fingerprint density at radius 2 is 1.92 bits per heavy atom. The Labute approximate surface area is 147 Å². The number of carbonyl (C=O) groups is 1. The van der Waals surface area contributed by atoms with E-state index < -0.39 is 0 Å². The number of nitrogens with zero attached hydrogens (tertiary/aromatic N) is 6. The van der Waals surface area contributed by atoms with Crippen molar-refractivity contribution < 1.29 is 9.32 Å². The number of rotatable bonds is 3. The molecule has 8 heteroatoms. The Balaban J connectivity index is 1.64. The summed E-state index contributed by atoms with van der Waals surface area (Å²) in [6.45, 7) is 6.96. The first-order valence-electron chi connectivity index (χ1n) is 8.47. The van der Waals surface area contributed by atoms with Gasteiger partial charge >= 0.3 is 6.03 Å².